The van der Waals surface area contributed by atoms with E-state index in [9.17, 15) is 14.4 Å². The molecule has 1 aromatic carbocycles. The Morgan fingerprint density at radius 1 is 0.923 bits per heavy atom. The second-order valence-electron chi connectivity index (χ2n) is 6.85. The Morgan fingerprint density at radius 2 is 1.54 bits per heavy atom. The Labute approximate surface area is 153 Å². The second kappa shape index (κ2) is 8.69. The highest BCUT2D eigenvalue weighted by atomic mass is 16.2. The third-order valence-electron chi connectivity index (χ3n) is 5.04. The predicted molar refractivity (Wildman–Crippen MR) is 97.7 cm³/mol. The van der Waals surface area contributed by atoms with Gasteiger partial charge in [0.2, 0.25) is 5.91 Å². The normalized spacial score (nSPS) is 17.8. The van der Waals surface area contributed by atoms with Crippen molar-refractivity contribution in [2.45, 2.75) is 31.7 Å². The fourth-order valence-electron chi connectivity index (χ4n) is 3.45. The highest BCUT2D eigenvalue weighted by Gasteiger charge is 2.26. The average Bonchev–Trinajstić information content (AvgIpc) is 3.19. The van der Waals surface area contributed by atoms with E-state index in [4.69, 9.17) is 0 Å². The lowest BCUT2D eigenvalue weighted by atomic mass is 10.2. The zero-order chi connectivity index (χ0) is 18.4. The maximum Gasteiger partial charge on any atom is 0.317 e. The molecule has 0 aromatic heterocycles. The summed E-state index contributed by atoms with van der Waals surface area (Å²) in [5, 5.41) is 5.73. The van der Waals surface area contributed by atoms with Crippen LogP contribution in [-0.2, 0) is 4.79 Å². The van der Waals surface area contributed by atoms with Crippen molar-refractivity contribution in [2.24, 2.45) is 0 Å². The van der Waals surface area contributed by atoms with Gasteiger partial charge in [-0.3, -0.25) is 9.59 Å². The fourth-order valence-corrected chi connectivity index (χ4v) is 3.45. The third-order valence-corrected chi connectivity index (χ3v) is 5.04. The van der Waals surface area contributed by atoms with Crippen LogP contribution in [0, 0.1) is 0 Å². The van der Waals surface area contributed by atoms with Gasteiger partial charge in [-0.2, -0.15) is 0 Å². The first-order valence-electron chi connectivity index (χ1n) is 9.30. The van der Waals surface area contributed by atoms with E-state index < -0.39 is 0 Å². The molecule has 26 heavy (non-hydrogen) atoms. The molecule has 2 fully saturated rings. The van der Waals surface area contributed by atoms with Crippen LogP contribution in [0.5, 0.6) is 0 Å². The van der Waals surface area contributed by atoms with Crippen molar-refractivity contribution in [3.63, 3.8) is 0 Å². The van der Waals surface area contributed by atoms with E-state index in [1.54, 1.807) is 34.1 Å². The minimum absolute atomic E-state index is 0.0258. The number of benzene rings is 1. The van der Waals surface area contributed by atoms with Gasteiger partial charge in [0.15, 0.2) is 0 Å². The molecule has 1 aromatic rings. The van der Waals surface area contributed by atoms with Crippen LogP contribution in [0.25, 0.3) is 0 Å². The van der Waals surface area contributed by atoms with E-state index in [-0.39, 0.29) is 24.4 Å². The average molecular weight is 358 g/mol. The summed E-state index contributed by atoms with van der Waals surface area (Å²) in [6, 6.07) is 9.10. The second-order valence-corrected chi connectivity index (χ2v) is 6.85. The number of nitrogens with one attached hydrogen (secondary N) is 2. The van der Waals surface area contributed by atoms with E-state index >= 15 is 0 Å². The molecule has 7 heteroatoms. The van der Waals surface area contributed by atoms with Crippen molar-refractivity contribution in [1.29, 1.82) is 0 Å². The summed E-state index contributed by atoms with van der Waals surface area (Å²) in [6.07, 6.45) is 4.49. The van der Waals surface area contributed by atoms with Gasteiger partial charge in [0.25, 0.3) is 5.91 Å². The molecule has 0 radical (unpaired) electrons. The number of hydrogen-bond acceptors (Lipinski definition) is 3. The molecule has 2 N–H and O–H groups in total. The van der Waals surface area contributed by atoms with Gasteiger partial charge < -0.3 is 20.4 Å². The number of carbonyl (C=O) groups is 3. The van der Waals surface area contributed by atoms with E-state index in [0.29, 0.717) is 37.8 Å². The van der Waals surface area contributed by atoms with Gasteiger partial charge in [0, 0.05) is 37.8 Å². The lowest BCUT2D eigenvalue weighted by Gasteiger charge is -2.35. The number of piperazine rings is 1. The van der Waals surface area contributed by atoms with Gasteiger partial charge in [0.1, 0.15) is 0 Å². The lowest BCUT2D eigenvalue weighted by molar-refractivity contribution is -0.131. The zero-order valence-corrected chi connectivity index (χ0v) is 14.9. The number of hydrogen-bond donors (Lipinski definition) is 2. The molecular formula is C19H26N4O3. The smallest absolute Gasteiger partial charge is 0.317 e. The molecule has 3 rings (SSSR count). The molecule has 0 atom stereocenters. The highest BCUT2D eigenvalue weighted by Crippen LogP contribution is 2.18. The van der Waals surface area contributed by atoms with E-state index in [1.807, 2.05) is 6.07 Å². The summed E-state index contributed by atoms with van der Waals surface area (Å²) >= 11 is 0. The summed E-state index contributed by atoms with van der Waals surface area (Å²) in [5.41, 5.74) is 0.536. The van der Waals surface area contributed by atoms with Gasteiger partial charge in [0.05, 0.1) is 6.54 Å². The molecule has 1 saturated heterocycles. The van der Waals surface area contributed by atoms with Crippen LogP contribution in [-0.4, -0.2) is 66.4 Å². The summed E-state index contributed by atoms with van der Waals surface area (Å²) in [6.45, 7) is 2.02. The quantitative estimate of drug-likeness (QED) is 0.849. The SMILES string of the molecule is O=C(NCC(=O)N1CCN(C(=O)NC2CCCC2)CC1)c1ccccc1. The fraction of sp³-hybridized carbons (Fsp3) is 0.526. The van der Waals surface area contributed by atoms with Crippen LogP contribution in [0.4, 0.5) is 4.79 Å². The van der Waals surface area contributed by atoms with Crippen molar-refractivity contribution >= 4 is 17.8 Å². The molecular weight excluding hydrogens is 332 g/mol. The lowest BCUT2D eigenvalue weighted by Crippen LogP contribution is -2.55. The monoisotopic (exact) mass is 358 g/mol. The summed E-state index contributed by atoms with van der Waals surface area (Å²) in [5.74, 6) is -0.376. The molecule has 0 bridgehead atoms. The van der Waals surface area contributed by atoms with Crippen LogP contribution in [0.2, 0.25) is 0 Å². The molecule has 1 heterocycles. The first kappa shape index (κ1) is 18.2. The van der Waals surface area contributed by atoms with Crippen LogP contribution in [0.15, 0.2) is 30.3 Å². The number of urea groups is 1. The van der Waals surface area contributed by atoms with Crippen molar-refractivity contribution < 1.29 is 14.4 Å². The molecule has 2 aliphatic rings. The van der Waals surface area contributed by atoms with Gasteiger partial charge in [-0.05, 0) is 25.0 Å². The molecule has 1 aliphatic carbocycles. The number of carbonyl (C=O) groups excluding carboxylic acids is 3. The summed E-state index contributed by atoms with van der Waals surface area (Å²) in [4.78, 5) is 40.0. The molecule has 0 spiro atoms. The summed E-state index contributed by atoms with van der Waals surface area (Å²) < 4.78 is 0. The van der Waals surface area contributed by atoms with Crippen molar-refractivity contribution in [3.8, 4) is 0 Å². The predicted octanol–water partition coefficient (Wildman–Crippen LogP) is 1.21. The molecule has 7 nitrogen and oxygen atoms in total. The first-order chi connectivity index (χ1) is 12.6. The van der Waals surface area contributed by atoms with Crippen LogP contribution < -0.4 is 10.6 Å². The first-order valence-corrected chi connectivity index (χ1v) is 9.30. The number of nitrogens with zero attached hydrogens (tertiary/aromatic N) is 2. The van der Waals surface area contributed by atoms with E-state index in [1.165, 1.54) is 12.8 Å². The molecule has 1 saturated carbocycles. The van der Waals surface area contributed by atoms with Gasteiger partial charge in [-0.1, -0.05) is 31.0 Å². The maximum atomic E-state index is 12.3. The van der Waals surface area contributed by atoms with Crippen LogP contribution in [0.3, 0.4) is 0 Å². The minimum atomic E-state index is -0.256. The molecule has 1 aliphatic heterocycles. The van der Waals surface area contributed by atoms with Gasteiger partial charge in [-0.15, -0.1) is 0 Å². The third kappa shape index (κ3) is 4.74. The highest BCUT2D eigenvalue weighted by molar-refractivity contribution is 5.96. The van der Waals surface area contributed by atoms with Crippen molar-refractivity contribution in [1.82, 2.24) is 20.4 Å². The standard InChI is InChI=1S/C19H26N4O3/c24-17(14-20-18(25)15-6-2-1-3-7-15)22-10-12-23(13-11-22)19(26)21-16-8-4-5-9-16/h1-3,6-7,16H,4-5,8-14H2,(H,20,25)(H,21,26). The van der Waals surface area contributed by atoms with Gasteiger partial charge >= 0.3 is 6.03 Å². The molecule has 4 amide bonds. The Hall–Kier alpha value is -2.57. The Bertz CT molecular complexity index is 635. The van der Waals surface area contributed by atoms with E-state index in [2.05, 4.69) is 10.6 Å². The Morgan fingerprint density at radius 3 is 2.19 bits per heavy atom. The minimum Gasteiger partial charge on any atom is -0.343 e. The van der Waals surface area contributed by atoms with E-state index in [0.717, 1.165) is 12.8 Å². The van der Waals surface area contributed by atoms with Gasteiger partial charge in [-0.25, -0.2) is 4.79 Å². The maximum absolute atomic E-state index is 12.3. The van der Waals surface area contributed by atoms with Crippen molar-refractivity contribution in [2.75, 3.05) is 32.7 Å². The number of amides is 4. The Balaban J connectivity index is 1.39. The topological polar surface area (TPSA) is 81.8 Å². The molecule has 140 valence electrons. The molecule has 0 unspecified atom stereocenters. The number of rotatable bonds is 4. The van der Waals surface area contributed by atoms with Crippen molar-refractivity contribution in [3.05, 3.63) is 35.9 Å². The Kier molecular flexibility index (Phi) is 6.09. The zero-order valence-electron chi connectivity index (χ0n) is 14.9. The largest absolute Gasteiger partial charge is 0.343 e. The van der Waals surface area contributed by atoms with Crippen LogP contribution >= 0.6 is 0 Å². The van der Waals surface area contributed by atoms with Crippen LogP contribution in [0.1, 0.15) is 36.0 Å². The summed E-state index contributed by atoms with van der Waals surface area (Å²) in [7, 11) is 0.